The van der Waals surface area contributed by atoms with Crippen LogP contribution >= 0.6 is 0 Å². The summed E-state index contributed by atoms with van der Waals surface area (Å²) in [6.07, 6.45) is 8.54. The molecule has 2 aromatic rings. The highest BCUT2D eigenvalue weighted by molar-refractivity contribution is 6.15. The van der Waals surface area contributed by atoms with Crippen molar-refractivity contribution in [1.29, 1.82) is 0 Å². The van der Waals surface area contributed by atoms with E-state index in [9.17, 15) is 19.8 Å². The third-order valence-corrected chi connectivity index (χ3v) is 13.8. The van der Waals surface area contributed by atoms with Crippen LogP contribution in [0.15, 0.2) is 104 Å². The predicted molar refractivity (Wildman–Crippen MR) is 302 cm³/mol. The molecule has 0 amide bonds. The number of aromatic hydroxyl groups is 2. The van der Waals surface area contributed by atoms with E-state index in [0.717, 1.165) is 100 Å². The molecule has 0 aromatic heterocycles. The first-order valence-electron chi connectivity index (χ1n) is 25.7. The lowest BCUT2D eigenvalue weighted by Crippen LogP contribution is -2.28. The van der Waals surface area contributed by atoms with Gasteiger partial charge in [0, 0.05) is 44.5 Å². The summed E-state index contributed by atoms with van der Waals surface area (Å²) < 4.78 is 0. The molecule has 0 radical (unpaired) electrons. The molecule has 2 N–H and O–H groups in total. The molecule has 0 unspecified atom stereocenters. The summed E-state index contributed by atoms with van der Waals surface area (Å²) >= 11 is 0. The van der Waals surface area contributed by atoms with Crippen molar-refractivity contribution in [1.82, 2.24) is 0 Å². The van der Waals surface area contributed by atoms with Crippen molar-refractivity contribution in [3.8, 4) is 11.5 Å². The third-order valence-electron chi connectivity index (χ3n) is 13.8. The first-order chi connectivity index (χ1) is 31.1. The third kappa shape index (κ3) is 12.0. The van der Waals surface area contributed by atoms with Crippen LogP contribution in [0.4, 0.5) is 0 Å². The number of allylic oxidation sites excluding steroid dienone is 16. The van der Waals surface area contributed by atoms with Crippen LogP contribution in [0.2, 0.25) is 0 Å². The number of phenols is 2. The van der Waals surface area contributed by atoms with E-state index in [1.54, 1.807) is 0 Å². The van der Waals surface area contributed by atoms with Crippen LogP contribution in [0.25, 0.3) is 11.1 Å². The maximum atomic E-state index is 14.8. The van der Waals surface area contributed by atoms with E-state index in [0.29, 0.717) is 11.5 Å². The van der Waals surface area contributed by atoms with Crippen molar-refractivity contribution in [3.05, 3.63) is 138 Å². The van der Waals surface area contributed by atoms with Gasteiger partial charge in [0.05, 0.1) is 0 Å². The van der Waals surface area contributed by atoms with Gasteiger partial charge in [-0.05, 0) is 164 Å². The van der Waals surface area contributed by atoms with E-state index in [1.165, 1.54) is 0 Å². The molecule has 70 heavy (non-hydrogen) atoms. The van der Waals surface area contributed by atoms with Crippen LogP contribution in [0, 0.1) is 21.7 Å². The zero-order valence-corrected chi connectivity index (χ0v) is 49.3. The molecule has 0 bridgehead atoms. The van der Waals surface area contributed by atoms with Gasteiger partial charge in [-0.2, -0.15) is 0 Å². The summed E-state index contributed by atoms with van der Waals surface area (Å²) in [5, 5.41) is 24.6. The normalized spacial score (nSPS) is 15.9. The van der Waals surface area contributed by atoms with Gasteiger partial charge in [0.25, 0.3) is 0 Å². The standard InChI is InChI=1S/C66H94O4/c1-37(2)51(53(39-29-43(59(5,6)7)55(67)44(30-39)60(8,9)10)40-31-45(61(11,12)13)56(68)46(32-40)62(14,15)16)52(38(3)4)54(41-33-47(63(17,18)19)57(69)48(34-41)64(20,21)22)42-35-49(65(23,24)25)58(70)50(36-42)66(26,27)28/h29-36,67,69H,1-28H3. The molecule has 0 saturated carbocycles. The summed E-state index contributed by atoms with van der Waals surface area (Å²) in [6.45, 7) is 60.0. The van der Waals surface area contributed by atoms with Gasteiger partial charge in [0.2, 0.25) is 0 Å². The molecule has 2 aliphatic carbocycles. The molecule has 4 rings (SSSR count). The molecular weight excluding hydrogens is 857 g/mol. The molecule has 0 atom stereocenters. The van der Waals surface area contributed by atoms with Crippen LogP contribution in [0.1, 0.15) is 227 Å². The minimum Gasteiger partial charge on any atom is -0.507 e. The molecule has 0 saturated heterocycles. The fraction of sp³-hybridized carbons (Fsp3) is 0.545. The zero-order valence-electron chi connectivity index (χ0n) is 49.3. The van der Waals surface area contributed by atoms with Crippen molar-refractivity contribution in [2.75, 3.05) is 0 Å². The van der Waals surface area contributed by atoms with Gasteiger partial charge >= 0.3 is 0 Å². The van der Waals surface area contributed by atoms with Gasteiger partial charge in [-0.3, -0.25) is 9.59 Å². The number of Topliss-reactive ketones (excluding diaryl/α,β-unsaturated/α-hetero) is 2. The maximum Gasteiger partial charge on any atom is 0.186 e. The van der Waals surface area contributed by atoms with Gasteiger partial charge in [-0.1, -0.05) is 177 Å². The Bertz CT molecular complexity index is 2400. The molecule has 4 nitrogen and oxygen atoms in total. The van der Waals surface area contributed by atoms with Crippen LogP contribution in [0.3, 0.4) is 0 Å². The highest BCUT2D eigenvalue weighted by atomic mass is 16.3. The minimum atomic E-state index is -0.479. The van der Waals surface area contributed by atoms with E-state index in [1.807, 2.05) is 0 Å². The summed E-state index contributed by atoms with van der Waals surface area (Å²) in [5.74, 6) is 0.716. The van der Waals surface area contributed by atoms with Crippen LogP contribution < -0.4 is 0 Å². The Labute approximate surface area is 427 Å². The second-order valence-electron chi connectivity index (χ2n) is 29.1. The zero-order chi connectivity index (χ0) is 54.4. The Hall–Kier alpha value is -4.70. The van der Waals surface area contributed by atoms with Crippen molar-refractivity contribution < 1.29 is 19.8 Å². The lowest BCUT2D eigenvalue weighted by Gasteiger charge is -2.35. The SMILES string of the molecule is CC(C)=C(C(=C(C)C)C(=C1C=C(C(C)(C)C)C(=O)C(C(C)(C)C)=C1)c1cc(C(C)(C)C)c(O)c(C(C)(C)C)c1)C(=C1C=C(C(C)(C)C)C(=O)C(C(C)(C)C)=C1)c1cc(C(C)(C)C)c(O)c(C(C)(C)C)c1. The van der Waals surface area contributed by atoms with Crippen molar-refractivity contribution in [2.45, 2.75) is 216 Å². The molecule has 0 aliphatic heterocycles. The smallest absolute Gasteiger partial charge is 0.186 e. The fourth-order valence-corrected chi connectivity index (χ4v) is 9.78. The Kier molecular flexibility index (Phi) is 15.5. The summed E-state index contributed by atoms with van der Waals surface area (Å²) in [4.78, 5) is 29.6. The monoisotopic (exact) mass is 951 g/mol. The van der Waals surface area contributed by atoms with E-state index in [4.69, 9.17) is 0 Å². The van der Waals surface area contributed by atoms with Gasteiger partial charge in [0.15, 0.2) is 11.6 Å². The van der Waals surface area contributed by atoms with Crippen molar-refractivity contribution >= 4 is 22.7 Å². The van der Waals surface area contributed by atoms with Crippen LogP contribution in [-0.4, -0.2) is 21.8 Å². The van der Waals surface area contributed by atoms with E-state index in [-0.39, 0.29) is 11.6 Å². The Balaban J connectivity index is 2.62. The molecule has 0 spiro atoms. The maximum absolute atomic E-state index is 14.8. The average Bonchev–Trinajstić information content (AvgIpc) is 3.13. The largest absolute Gasteiger partial charge is 0.507 e. The number of phenolic OH excluding ortho intramolecular Hbond substituents is 2. The van der Waals surface area contributed by atoms with E-state index in [2.05, 4.69) is 242 Å². The first kappa shape index (κ1) is 57.9. The summed E-state index contributed by atoms with van der Waals surface area (Å²) in [7, 11) is 0. The number of carbonyl (C=O) groups is 2. The van der Waals surface area contributed by atoms with Gasteiger partial charge < -0.3 is 10.2 Å². The van der Waals surface area contributed by atoms with Gasteiger partial charge in [0.1, 0.15) is 11.5 Å². The highest BCUT2D eigenvalue weighted by Crippen LogP contribution is 2.52. The number of carbonyl (C=O) groups excluding carboxylic acids is 2. The lowest BCUT2D eigenvalue weighted by molar-refractivity contribution is -0.114. The van der Waals surface area contributed by atoms with Crippen molar-refractivity contribution in [3.63, 3.8) is 0 Å². The number of hydrogen-bond donors (Lipinski definition) is 2. The van der Waals surface area contributed by atoms with E-state index < -0.39 is 43.3 Å². The number of rotatable bonds is 5. The average molecular weight is 951 g/mol. The molecule has 2 aliphatic rings. The summed E-state index contributed by atoms with van der Waals surface area (Å²) in [5.41, 5.74) is 12.5. The molecular formula is C66H94O4. The number of hydrogen-bond acceptors (Lipinski definition) is 4. The quantitative estimate of drug-likeness (QED) is 0.293. The van der Waals surface area contributed by atoms with Crippen LogP contribution in [0.5, 0.6) is 11.5 Å². The Morgan fingerprint density at radius 3 is 0.657 bits per heavy atom. The summed E-state index contributed by atoms with van der Waals surface area (Å²) in [6, 6.07) is 8.73. The van der Waals surface area contributed by atoms with Gasteiger partial charge in [-0.25, -0.2) is 0 Å². The fourth-order valence-electron chi connectivity index (χ4n) is 9.78. The number of ketones is 2. The first-order valence-corrected chi connectivity index (χ1v) is 25.7. The molecule has 0 heterocycles. The predicted octanol–water partition coefficient (Wildman–Crippen LogP) is 18.2. The molecule has 4 heteroatoms. The molecule has 2 aromatic carbocycles. The number of benzene rings is 2. The second-order valence-corrected chi connectivity index (χ2v) is 29.1. The molecule has 382 valence electrons. The Morgan fingerprint density at radius 1 is 0.329 bits per heavy atom. The molecule has 0 fully saturated rings. The van der Waals surface area contributed by atoms with E-state index >= 15 is 0 Å². The van der Waals surface area contributed by atoms with Crippen LogP contribution in [-0.2, 0) is 31.2 Å². The topological polar surface area (TPSA) is 74.6 Å². The van der Waals surface area contributed by atoms with Crippen molar-refractivity contribution in [2.24, 2.45) is 21.7 Å². The second kappa shape index (κ2) is 18.7. The lowest BCUT2D eigenvalue weighted by atomic mass is 9.68. The van der Waals surface area contributed by atoms with Gasteiger partial charge in [-0.15, -0.1) is 0 Å². The Morgan fingerprint density at radius 2 is 0.514 bits per heavy atom. The highest BCUT2D eigenvalue weighted by Gasteiger charge is 2.39. The minimum absolute atomic E-state index is 0.0589.